The molecule has 0 bridgehead atoms. The molecule has 4 nitrogen and oxygen atoms in total. The fourth-order valence-electron chi connectivity index (χ4n) is 1.55. The molecule has 6 heteroatoms. The first-order chi connectivity index (χ1) is 9.58. The minimum Gasteiger partial charge on any atom is -0.497 e. The molecule has 0 spiro atoms. The lowest BCUT2D eigenvalue weighted by molar-refractivity contribution is 0.262. The number of hydrogen-bond donors (Lipinski definition) is 2. The van der Waals surface area contributed by atoms with Crippen molar-refractivity contribution in [2.45, 2.75) is 0 Å². The van der Waals surface area contributed by atoms with Gasteiger partial charge in [0.2, 0.25) is 0 Å². The maximum absolute atomic E-state index is 11.9. The first-order valence-corrected chi connectivity index (χ1v) is 6.92. The fraction of sp³-hybridized carbons (Fsp3) is 0.0714. The number of carbonyl (C=O) groups excluding carboxylic acids is 1. The van der Waals surface area contributed by atoms with Crippen molar-refractivity contribution >= 4 is 44.9 Å². The van der Waals surface area contributed by atoms with E-state index >= 15 is 0 Å². The average Bonchev–Trinajstić information content (AvgIpc) is 2.43. The topological polar surface area (TPSA) is 50.4 Å². The number of hydrogen-bond acceptors (Lipinski definition) is 2. The van der Waals surface area contributed by atoms with Gasteiger partial charge in [0.15, 0.2) is 0 Å². The van der Waals surface area contributed by atoms with Gasteiger partial charge in [-0.2, -0.15) is 0 Å². The second-order valence-electron chi connectivity index (χ2n) is 3.93. The van der Waals surface area contributed by atoms with Crippen molar-refractivity contribution in [1.29, 1.82) is 0 Å². The van der Waals surface area contributed by atoms with Gasteiger partial charge in [-0.25, -0.2) is 4.79 Å². The van der Waals surface area contributed by atoms with Crippen LogP contribution in [0, 0.1) is 0 Å². The van der Waals surface area contributed by atoms with E-state index in [1.54, 1.807) is 49.6 Å². The molecule has 0 unspecified atom stereocenters. The molecule has 0 fully saturated rings. The Kier molecular flexibility index (Phi) is 4.87. The van der Waals surface area contributed by atoms with Gasteiger partial charge >= 0.3 is 6.03 Å². The molecule has 0 saturated heterocycles. The maximum atomic E-state index is 11.9. The van der Waals surface area contributed by atoms with Gasteiger partial charge in [-0.1, -0.05) is 11.6 Å². The zero-order valence-electron chi connectivity index (χ0n) is 10.6. The van der Waals surface area contributed by atoms with Crippen LogP contribution in [0.1, 0.15) is 0 Å². The quantitative estimate of drug-likeness (QED) is 0.834. The van der Waals surface area contributed by atoms with Crippen LogP contribution in [0.2, 0.25) is 5.02 Å². The molecule has 0 atom stereocenters. The smallest absolute Gasteiger partial charge is 0.323 e. The minimum atomic E-state index is -0.349. The van der Waals surface area contributed by atoms with Crippen molar-refractivity contribution in [2.75, 3.05) is 17.7 Å². The Labute approximate surface area is 130 Å². The molecule has 0 aromatic heterocycles. The van der Waals surface area contributed by atoms with E-state index < -0.39 is 0 Å². The van der Waals surface area contributed by atoms with Gasteiger partial charge in [0.05, 0.1) is 12.8 Å². The molecule has 20 heavy (non-hydrogen) atoms. The molecular formula is C14H12BrClN2O2. The SMILES string of the molecule is COc1ccc(NC(=O)Nc2cc(Cl)ccc2Br)cc1. The molecule has 2 rings (SSSR count). The van der Waals surface area contributed by atoms with E-state index in [9.17, 15) is 4.79 Å². The summed E-state index contributed by atoms with van der Waals surface area (Å²) in [5.41, 5.74) is 1.27. The van der Waals surface area contributed by atoms with Crippen LogP contribution in [0.15, 0.2) is 46.9 Å². The Balaban J connectivity index is 2.03. The van der Waals surface area contributed by atoms with Crippen LogP contribution in [0.3, 0.4) is 0 Å². The van der Waals surface area contributed by atoms with E-state index in [0.717, 1.165) is 10.2 Å². The third-order valence-electron chi connectivity index (χ3n) is 2.52. The molecule has 0 aliphatic heterocycles. The van der Waals surface area contributed by atoms with E-state index in [-0.39, 0.29) is 6.03 Å². The number of methoxy groups -OCH3 is 1. The molecular weight excluding hydrogens is 344 g/mol. The highest BCUT2D eigenvalue weighted by molar-refractivity contribution is 9.10. The highest BCUT2D eigenvalue weighted by atomic mass is 79.9. The van der Waals surface area contributed by atoms with Crippen LogP contribution in [0.25, 0.3) is 0 Å². The predicted octanol–water partition coefficient (Wildman–Crippen LogP) is 4.76. The maximum Gasteiger partial charge on any atom is 0.323 e. The van der Waals surface area contributed by atoms with Gasteiger partial charge in [0.1, 0.15) is 5.75 Å². The number of ether oxygens (including phenoxy) is 1. The lowest BCUT2D eigenvalue weighted by Crippen LogP contribution is -2.19. The summed E-state index contributed by atoms with van der Waals surface area (Å²) in [6, 6.07) is 11.9. The van der Waals surface area contributed by atoms with Crippen molar-refractivity contribution in [3.63, 3.8) is 0 Å². The summed E-state index contributed by atoms with van der Waals surface area (Å²) in [7, 11) is 1.59. The summed E-state index contributed by atoms with van der Waals surface area (Å²) >= 11 is 9.23. The Morgan fingerprint density at radius 3 is 2.50 bits per heavy atom. The van der Waals surface area contributed by atoms with Crippen LogP contribution in [0.5, 0.6) is 5.75 Å². The van der Waals surface area contributed by atoms with Gasteiger partial charge in [-0.15, -0.1) is 0 Å². The molecule has 2 N–H and O–H groups in total. The summed E-state index contributed by atoms with van der Waals surface area (Å²) in [4.78, 5) is 11.9. The van der Waals surface area contributed by atoms with Gasteiger partial charge in [-0.05, 0) is 58.4 Å². The van der Waals surface area contributed by atoms with Crippen LogP contribution in [-0.4, -0.2) is 13.1 Å². The van der Waals surface area contributed by atoms with E-state index in [1.165, 1.54) is 0 Å². The normalized spacial score (nSPS) is 9.95. The van der Waals surface area contributed by atoms with Gasteiger partial charge < -0.3 is 15.4 Å². The zero-order chi connectivity index (χ0) is 14.5. The van der Waals surface area contributed by atoms with Crippen molar-refractivity contribution in [1.82, 2.24) is 0 Å². The number of urea groups is 1. The van der Waals surface area contributed by atoms with Crippen LogP contribution < -0.4 is 15.4 Å². The first kappa shape index (κ1) is 14.7. The molecule has 0 aliphatic rings. The lowest BCUT2D eigenvalue weighted by Gasteiger charge is -2.10. The highest BCUT2D eigenvalue weighted by Crippen LogP contribution is 2.26. The second-order valence-corrected chi connectivity index (χ2v) is 5.22. The van der Waals surface area contributed by atoms with Gasteiger partial charge in [0.25, 0.3) is 0 Å². The number of halogens is 2. The number of benzene rings is 2. The van der Waals surface area contributed by atoms with E-state index in [4.69, 9.17) is 16.3 Å². The Bertz CT molecular complexity index is 617. The van der Waals surface area contributed by atoms with E-state index in [0.29, 0.717) is 16.4 Å². The zero-order valence-corrected chi connectivity index (χ0v) is 13.0. The van der Waals surface area contributed by atoms with Crippen LogP contribution in [-0.2, 0) is 0 Å². The summed E-state index contributed by atoms with van der Waals surface area (Å²) in [5, 5.41) is 5.98. The first-order valence-electron chi connectivity index (χ1n) is 5.75. The average molecular weight is 356 g/mol. The molecule has 2 amide bonds. The third kappa shape index (κ3) is 3.88. The highest BCUT2D eigenvalue weighted by Gasteiger charge is 2.06. The molecule has 0 aliphatic carbocycles. The van der Waals surface area contributed by atoms with Crippen molar-refractivity contribution in [3.05, 3.63) is 52.0 Å². The summed E-state index contributed by atoms with van der Waals surface area (Å²) < 4.78 is 5.81. The van der Waals surface area contributed by atoms with Crippen molar-refractivity contribution in [3.8, 4) is 5.75 Å². The number of nitrogens with one attached hydrogen (secondary N) is 2. The lowest BCUT2D eigenvalue weighted by atomic mass is 10.3. The molecule has 0 saturated carbocycles. The Morgan fingerprint density at radius 1 is 1.15 bits per heavy atom. The second kappa shape index (κ2) is 6.63. The molecule has 0 heterocycles. The monoisotopic (exact) mass is 354 g/mol. The number of anilines is 2. The van der Waals surface area contributed by atoms with Crippen LogP contribution in [0.4, 0.5) is 16.2 Å². The fourth-order valence-corrected chi connectivity index (χ4v) is 2.07. The number of rotatable bonds is 3. The van der Waals surface area contributed by atoms with Gasteiger partial charge in [0, 0.05) is 15.2 Å². The Hall–Kier alpha value is -1.72. The molecule has 104 valence electrons. The number of amides is 2. The molecule has 2 aromatic carbocycles. The van der Waals surface area contributed by atoms with E-state index in [2.05, 4.69) is 26.6 Å². The molecule has 2 aromatic rings. The van der Waals surface area contributed by atoms with Gasteiger partial charge in [-0.3, -0.25) is 0 Å². The summed E-state index contributed by atoms with van der Waals surface area (Å²) in [6.45, 7) is 0. The standard InChI is InChI=1S/C14H12BrClN2O2/c1-20-11-5-3-10(4-6-11)17-14(19)18-13-8-9(16)2-7-12(13)15/h2-8H,1H3,(H2,17,18,19). The number of carbonyl (C=O) groups is 1. The summed E-state index contributed by atoms with van der Waals surface area (Å²) in [6.07, 6.45) is 0. The Morgan fingerprint density at radius 2 is 1.85 bits per heavy atom. The van der Waals surface area contributed by atoms with Crippen molar-refractivity contribution in [2.24, 2.45) is 0 Å². The third-order valence-corrected chi connectivity index (χ3v) is 3.45. The predicted molar refractivity (Wildman–Crippen MR) is 84.8 cm³/mol. The minimum absolute atomic E-state index is 0.349. The van der Waals surface area contributed by atoms with Crippen LogP contribution >= 0.6 is 27.5 Å². The summed E-state index contributed by atoms with van der Waals surface area (Å²) in [5.74, 6) is 0.730. The van der Waals surface area contributed by atoms with E-state index in [1.807, 2.05) is 0 Å². The molecule has 0 radical (unpaired) electrons. The largest absolute Gasteiger partial charge is 0.497 e. The van der Waals surface area contributed by atoms with Crippen molar-refractivity contribution < 1.29 is 9.53 Å².